The van der Waals surface area contributed by atoms with Gasteiger partial charge in [0.1, 0.15) is 0 Å². The van der Waals surface area contributed by atoms with Crippen LogP contribution in [0.2, 0.25) is 0 Å². The summed E-state index contributed by atoms with van der Waals surface area (Å²) in [4.78, 5) is 0. The van der Waals surface area contributed by atoms with E-state index in [0.29, 0.717) is 24.7 Å². The van der Waals surface area contributed by atoms with Gasteiger partial charge in [-0.2, -0.15) is 0 Å². The molecule has 24 heavy (non-hydrogen) atoms. The number of phenols is 2. The second-order valence-corrected chi connectivity index (χ2v) is 5.62. The highest BCUT2D eigenvalue weighted by Gasteiger charge is 2.27. The molecule has 5 heteroatoms. The molecule has 0 bridgehead atoms. The van der Waals surface area contributed by atoms with Gasteiger partial charge in [0.25, 0.3) is 0 Å². The third kappa shape index (κ3) is 3.03. The normalized spacial score (nSPS) is 18.8. The first-order valence-corrected chi connectivity index (χ1v) is 7.65. The summed E-state index contributed by atoms with van der Waals surface area (Å²) in [5.74, 6) is 1.05. The minimum absolute atomic E-state index is 0.0515. The Balaban J connectivity index is 1.95. The lowest BCUT2D eigenvalue weighted by atomic mass is 9.91. The fourth-order valence-corrected chi connectivity index (χ4v) is 2.93. The van der Waals surface area contributed by atoms with E-state index in [1.54, 1.807) is 18.2 Å². The fourth-order valence-electron chi connectivity index (χ4n) is 2.93. The van der Waals surface area contributed by atoms with E-state index >= 15 is 0 Å². The maximum Gasteiger partial charge on any atom is 0.161 e. The molecule has 1 atom stereocenters. The molecule has 2 aromatic rings. The van der Waals surface area contributed by atoms with Gasteiger partial charge in [-0.05, 0) is 29.3 Å². The molecule has 1 unspecified atom stereocenters. The largest absolute Gasteiger partial charge is 0.504 e. The molecule has 1 aliphatic heterocycles. The van der Waals surface area contributed by atoms with Crippen molar-refractivity contribution in [3.63, 3.8) is 0 Å². The van der Waals surface area contributed by atoms with Crippen LogP contribution in [0.1, 0.15) is 17.0 Å². The molecule has 2 aromatic carbocycles. The molecule has 0 saturated carbocycles. The zero-order chi connectivity index (χ0) is 17.1. The minimum Gasteiger partial charge on any atom is -0.504 e. The van der Waals surface area contributed by atoms with Gasteiger partial charge in [-0.25, -0.2) is 0 Å². The van der Waals surface area contributed by atoms with E-state index in [4.69, 9.17) is 14.2 Å². The molecule has 1 fully saturated rings. The van der Waals surface area contributed by atoms with E-state index in [9.17, 15) is 10.2 Å². The Labute approximate surface area is 140 Å². The van der Waals surface area contributed by atoms with Gasteiger partial charge in [0.15, 0.2) is 23.0 Å². The van der Waals surface area contributed by atoms with Crippen molar-refractivity contribution in [2.75, 3.05) is 27.4 Å². The molecular weight excluding hydrogens is 308 g/mol. The van der Waals surface area contributed by atoms with Gasteiger partial charge >= 0.3 is 0 Å². The summed E-state index contributed by atoms with van der Waals surface area (Å²) in [6.07, 6.45) is 1.97. The van der Waals surface area contributed by atoms with E-state index in [0.717, 1.165) is 16.7 Å². The van der Waals surface area contributed by atoms with Crippen LogP contribution in [0, 0.1) is 0 Å². The molecule has 3 rings (SSSR count). The predicted molar refractivity (Wildman–Crippen MR) is 90.9 cm³/mol. The van der Waals surface area contributed by atoms with E-state index < -0.39 is 0 Å². The van der Waals surface area contributed by atoms with E-state index in [1.165, 1.54) is 14.2 Å². The van der Waals surface area contributed by atoms with Crippen LogP contribution >= 0.6 is 0 Å². The fraction of sp³-hybridized carbons (Fsp3) is 0.263. The summed E-state index contributed by atoms with van der Waals surface area (Å²) in [5.41, 5.74) is 2.65. The van der Waals surface area contributed by atoms with Crippen LogP contribution in [0.25, 0.3) is 6.08 Å². The average molecular weight is 328 g/mol. The lowest BCUT2D eigenvalue weighted by Gasteiger charge is -2.15. The Morgan fingerprint density at radius 3 is 2.58 bits per heavy atom. The van der Waals surface area contributed by atoms with Crippen LogP contribution in [0.3, 0.4) is 0 Å². The van der Waals surface area contributed by atoms with Gasteiger partial charge in [-0.15, -0.1) is 0 Å². The van der Waals surface area contributed by atoms with E-state index in [2.05, 4.69) is 0 Å². The molecule has 0 amide bonds. The summed E-state index contributed by atoms with van der Waals surface area (Å²) in [5, 5.41) is 20.3. The van der Waals surface area contributed by atoms with Gasteiger partial charge in [-0.1, -0.05) is 24.3 Å². The highest BCUT2D eigenvalue weighted by molar-refractivity contribution is 5.61. The quantitative estimate of drug-likeness (QED) is 0.901. The van der Waals surface area contributed by atoms with Gasteiger partial charge in [-0.3, -0.25) is 0 Å². The number of ether oxygens (including phenoxy) is 3. The van der Waals surface area contributed by atoms with Gasteiger partial charge in [0.05, 0.1) is 27.4 Å². The zero-order valence-electron chi connectivity index (χ0n) is 13.7. The zero-order valence-corrected chi connectivity index (χ0v) is 13.7. The number of para-hydroxylation sites is 1. The lowest BCUT2D eigenvalue weighted by Crippen LogP contribution is -2.01. The van der Waals surface area contributed by atoms with Crippen molar-refractivity contribution < 1.29 is 24.4 Å². The highest BCUT2D eigenvalue weighted by Crippen LogP contribution is 2.41. The molecule has 1 aliphatic rings. The Kier molecular flexibility index (Phi) is 4.62. The SMILES string of the molecule is COc1ccc(C=C2COCC2c2cccc(OC)c2O)cc1O. The van der Waals surface area contributed by atoms with Crippen molar-refractivity contribution in [2.24, 2.45) is 0 Å². The van der Waals surface area contributed by atoms with Crippen molar-refractivity contribution in [3.8, 4) is 23.0 Å². The average Bonchev–Trinajstić information content (AvgIpc) is 3.03. The molecule has 0 aliphatic carbocycles. The molecule has 1 heterocycles. The Morgan fingerprint density at radius 2 is 1.88 bits per heavy atom. The van der Waals surface area contributed by atoms with Gasteiger partial charge in [0, 0.05) is 11.5 Å². The first-order valence-electron chi connectivity index (χ1n) is 7.65. The number of methoxy groups -OCH3 is 2. The Morgan fingerprint density at radius 1 is 1.08 bits per heavy atom. The summed E-state index contributed by atoms with van der Waals surface area (Å²) in [7, 11) is 3.04. The maximum absolute atomic E-state index is 10.4. The first-order chi connectivity index (χ1) is 11.6. The number of hydrogen-bond donors (Lipinski definition) is 2. The first kappa shape index (κ1) is 16.2. The van der Waals surface area contributed by atoms with Gasteiger partial charge in [0.2, 0.25) is 0 Å². The van der Waals surface area contributed by atoms with Crippen molar-refractivity contribution in [1.82, 2.24) is 0 Å². The molecule has 1 saturated heterocycles. The summed E-state index contributed by atoms with van der Waals surface area (Å²) < 4.78 is 15.8. The third-order valence-electron chi connectivity index (χ3n) is 4.18. The Hall–Kier alpha value is -2.66. The molecule has 2 N–H and O–H groups in total. The summed E-state index contributed by atoms with van der Waals surface area (Å²) in [6, 6.07) is 10.7. The smallest absolute Gasteiger partial charge is 0.161 e. The van der Waals surface area contributed by atoms with Gasteiger partial charge < -0.3 is 24.4 Å². The van der Waals surface area contributed by atoms with Crippen LogP contribution in [-0.2, 0) is 4.74 Å². The maximum atomic E-state index is 10.4. The van der Waals surface area contributed by atoms with E-state index in [1.807, 2.05) is 24.3 Å². The number of rotatable bonds is 4. The Bertz CT molecular complexity index is 766. The number of phenolic OH excluding ortho intramolecular Hbond substituents is 2. The highest BCUT2D eigenvalue weighted by atomic mass is 16.5. The second-order valence-electron chi connectivity index (χ2n) is 5.62. The van der Waals surface area contributed by atoms with Crippen LogP contribution in [0.15, 0.2) is 42.0 Å². The van der Waals surface area contributed by atoms with Crippen LogP contribution < -0.4 is 9.47 Å². The van der Waals surface area contributed by atoms with E-state index in [-0.39, 0.29) is 17.4 Å². The standard InChI is InChI=1S/C19H20O5/c1-22-17-7-6-12(9-16(17)20)8-13-10-24-11-15(13)14-4-3-5-18(23-2)19(14)21/h3-9,15,20-21H,10-11H2,1-2H3. The molecule has 0 aromatic heterocycles. The third-order valence-corrected chi connectivity index (χ3v) is 4.18. The van der Waals surface area contributed by atoms with Crippen molar-refractivity contribution in [2.45, 2.75) is 5.92 Å². The monoisotopic (exact) mass is 328 g/mol. The molecule has 0 spiro atoms. The number of benzene rings is 2. The van der Waals surface area contributed by atoms with Crippen LogP contribution in [-0.4, -0.2) is 37.6 Å². The number of hydrogen-bond acceptors (Lipinski definition) is 5. The molecule has 126 valence electrons. The molecular formula is C19H20O5. The lowest BCUT2D eigenvalue weighted by molar-refractivity contribution is 0.198. The molecule has 0 radical (unpaired) electrons. The summed E-state index contributed by atoms with van der Waals surface area (Å²) in [6.45, 7) is 0.975. The van der Waals surface area contributed by atoms with Crippen LogP contribution in [0.4, 0.5) is 0 Å². The van der Waals surface area contributed by atoms with Crippen molar-refractivity contribution >= 4 is 6.08 Å². The summed E-state index contributed by atoms with van der Waals surface area (Å²) >= 11 is 0. The topological polar surface area (TPSA) is 68.2 Å². The van der Waals surface area contributed by atoms with Crippen LogP contribution in [0.5, 0.6) is 23.0 Å². The second kappa shape index (κ2) is 6.84. The van der Waals surface area contributed by atoms with Crippen molar-refractivity contribution in [3.05, 3.63) is 53.1 Å². The predicted octanol–water partition coefficient (Wildman–Crippen LogP) is 3.31. The van der Waals surface area contributed by atoms with Crippen molar-refractivity contribution in [1.29, 1.82) is 0 Å². The minimum atomic E-state index is -0.0515. The number of aromatic hydroxyl groups is 2. The molecule has 5 nitrogen and oxygen atoms in total.